The number of carbonyl (C=O) groups excluding carboxylic acids is 1. The minimum absolute atomic E-state index is 0.587. The number of rotatable bonds is 2. The first kappa shape index (κ1) is 24.4. The molecule has 1 aromatic rings. The predicted octanol–water partition coefficient (Wildman–Crippen LogP) is 5.03. The molecule has 0 aromatic heterocycles. The third-order valence-corrected chi connectivity index (χ3v) is 4.67. The summed E-state index contributed by atoms with van der Waals surface area (Å²) < 4.78 is 131. The predicted molar refractivity (Wildman–Crippen MR) is 84.6 cm³/mol. The lowest BCUT2D eigenvalue weighted by Crippen LogP contribution is -2.55. The SMILES string of the molecule is O=C(NC1=NC(C(F)(F)F)(C(F)(F)F)/C(=C(\F)C(F)(F)F)S1)c1cccc([N+](=O)[O-])c1. The lowest BCUT2D eigenvalue weighted by Gasteiger charge is -2.31. The molecule has 0 saturated heterocycles. The lowest BCUT2D eigenvalue weighted by molar-refractivity contribution is -0.384. The molecule has 31 heavy (non-hydrogen) atoms. The van der Waals surface area contributed by atoms with Crippen molar-refractivity contribution in [1.82, 2.24) is 5.32 Å². The van der Waals surface area contributed by atoms with Crippen molar-refractivity contribution in [2.75, 3.05) is 0 Å². The van der Waals surface area contributed by atoms with E-state index in [1.54, 1.807) is 0 Å². The molecule has 1 aromatic carbocycles. The summed E-state index contributed by atoms with van der Waals surface area (Å²) in [6, 6.07) is 3.30. The highest BCUT2D eigenvalue weighted by atomic mass is 32.2. The third kappa shape index (κ3) is 4.45. The van der Waals surface area contributed by atoms with E-state index in [9.17, 15) is 58.8 Å². The lowest BCUT2D eigenvalue weighted by atomic mass is 9.97. The van der Waals surface area contributed by atoms with E-state index >= 15 is 0 Å². The first-order chi connectivity index (χ1) is 13.9. The average molecular weight is 485 g/mol. The molecule has 0 unspecified atom stereocenters. The van der Waals surface area contributed by atoms with Crippen LogP contribution in [0.5, 0.6) is 0 Å². The molecule has 0 aliphatic carbocycles. The molecule has 0 bridgehead atoms. The monoisotopic (exact) mass is 485 g/mol. The molecule has 1 amide bonds. The number of thioether (sulfide) groups is 1. The number of hydrogen-bond donors (Lipinski definition) is 1. The van der Waals surface area contributed by atoms with Gasteiger partial charge in [0.2, 0.25) is 5.83 Å². The van der Waals surface area contributed by atoms with Gasteiger partial charge in [0.05, 0.1) is 9.83 Å². The van der Waals surface area contributed by atoms with Gasteiger partial charge in [0.25, 0.3) is 17.1 Å². The van der Waals surface area contributed by atoms with E-state index in [0.717, 1.165) is 18.2 Å². The van der Waals surface area contributed by atoms with E-state index in [4.69, 9.17) is 0 Å². The first-order valence-corrected chi connectivity index (χ1v) is 8.18. The van der Waals surface area contributed by atoms with Crippen LogP contribution in [0.2, 0.25) is 0 Å². The Morgan fingerprint density at radius 1 is 1.06 bits per heavy atom. The van der Waals surface area contributed by atoms with E-state index < -0.39 is 73.8 Å². The van der Waals surface area contributed by atoms with Gasteiger partial charge in [-0.25, -0.2) is 9.38 Å². The van der Waals surface area contributed by atoms with Crippen molar-refractivity contribution in [2.24, 2.45) is 4.99 Å². The maximum absolute atomic E-state index is 13.6. The Kier molecular flexibility index (Phi) is 6.05. The molecule has 1 N–H and O–H groups in total. The van der Waals surface area contributed by atoms with Crippen LogP contribution < -0.4 is 5.32 Å². The highest BCUT2D eigenvalue weighted by Crippen LogP contribution is 2.59. The van der Waals surface area contributed by atoms with Crippen molar-refractivity contribution in [3.63, 3.8) is 0 Å². The van der Waals surface area contributed by atoms with E-state index in [-0.39, 0.29) is 0 Å². The number of benzene rings is 1. The molecule has 6 nitrogen and oxygen atoms in total. The summed E-state index contributed by atoms with van der Waals surface area (Å²) in [5.74, 6) is -5.24. The molecule has 0 radical (unpaired) electrons. The van der Waals surface area contributed by atoms with Crippen molar-refractivity contribution >= 4 is 28.5 Å². The van der Waals surface area contributed by atoms with Gasteiger partial charge in [-0.2, -0.15) is 39.5 Å². The van der Waals surface area contributed by atoms with Crippen molar-refractivity contribution < 1.29 is 53.6 Å². The second kappa shape index (κ2) is 7.69. The van der Waals surface area contributed by atoms with E-state index in [1.165, 1.54) is 5.32 Å². The number of halogens is 10. The van der Waals surface area contributed by atoms with Gasteiger partial charge in [-0.05, 0) is 6.07 Å². The van der Waals surface area contributed by atoms with Gasteiger partial charge in [-0.15, -0.1) is 0 Å². The molecule has 170 valence electrons. The number of nitrogens with one attached hydrogen (secondary N) is 1. The Labute approximate surface area is 168 Å². The average Bonchev–Trinajstić information content (AvgIpc) is 3.00. The van der Waals surface area contributed by atoms with Crippen molar-refractivity contribution in [3.05, 3.63) is 50.7 Å². The second-order valence-corrected chi connectivity index (χ2v) is 6.63. The minimum Gasteiger partial charge on any atom is -0.301 e. The second-order valence-electron chi connectivity index (χ2n) is 5.63. The third-order valence-electron chi connectivity index (χ3n) is 3.60. The summed E-state index contributed by atoms with van der Waals surface area (Å²) in [6.45, 7) is 0. The van der Waals surface area contributed by atoms with Crippen LogP contribution in [0.4, 0.5) is 49.6 Å². The molecule has 0 fully saturated rings. The standard InChI is InChI=1S/C14H5F10N3O3S/c15-7(12(16,17)18)8-11(13(19,20)21,14(22,23)24)26-10(31-8)25-9(28)5-2-1-3-6(4-5)27(29)30/h1-4H,(H,25,26,28)/b8-7+. The van der Waals surface area contributed by atoms with Crippen LogP contribution in [-0.2, 0) is 0 Å². The van der Waals surface area contributed by atoms with Crippen LogP contribution in [0.25, 0.3) is 0 Å². The number of amides is 1. The van der Waals surface area contributed by atoms with Crippen LogP contribution in [0.1, 0.15) is 10.4 Å². The zero-order valence-electron chi connectivity index (χ0n) is 14.1. The summed E-state index contributed by atoms with van der Waals surface area (Å²) in [4.78, 5) is 21.0. The number of allylic oxidation sites excluding steroid dienone is 1. The molecule has 1 aliphatic heterocycles. The fourth-order valence-electron chi connectivity index (χ4n) is 2.26. The Balaban J connectivity index is 2.59. The van der Waals surface area contributed by atoms with Gasteiger partial charge in [0.1, 0.15) is 0 Å². The van der Waals surface area contributed by atoms with Crippen molar-refractivity contribution in [1.29, 1.82) is 0 Å². The zero-order chi connectivity index (χ0) is 24.0. The first-order valence-electron chi connectivity index (χ1n) is 7.36. The van der Waals surface area contributed by atoms with E-state index in [2.05, 4.69) is 4.99 Å². The maximum Gasteiger partial charge on any atom is 0.443 e. The van der Waals surface area contributed by atoms with Crippen LogP contribution in [0, 0.1) is 10.1 Å². The van der Waals surface area contributed by atoms with Crippen LogP contribution >= 0.6 is 11.8 Å². The number of non-ortho nitro benzene ring substituents is 1. The highest BCUT2D eigenvalue weighted by molar-refractivity contribution is 8.17. The molecular weight excluding hydrogens is 480 g/mol. The van der Waals surface area contributed by atoms with Crippen molar-refractivity contribution in [3.8, 4) is 0 Å². The fourth-order valence-corrected chi connectivity index (χ4v) is 3.41. The number of amidine groups is 1. The minimum atomic E-state index is -6.58. The van der Waals surface area contributed by atoms with Crippen LogP contribution in [0.15, 0.2) is 40.0 Å². The topological polar surface area (TPSA) is 84.6 Å². The van der Waals surface area contributed by atoms with Crippen LogP contribution in [0.3, 0.4) is 0 Å². The van der Waals surface area contributed by atoms with Crippen molar-refractivity contribution in [2.45, 2.75) is 24.1 Å². The highest BCUT2D eigenvalue weighted by Gasteiger charge is 2.77. The molecule has 2 rings (SSSR count). The van der Waals surface area contributed by atoms with Crippen LogP contribution in [-0.4, -0.2) is 40.1 Å². The van der Waals surface area contributed by atoms with E-state index in [1.807, 2.05) is 0 Å². The zero-order valence-corrected chi connectivity index (χ0v) is 14.9. The molecule has 0 spiro atoms. The van der Waals surface area contributed by atoms with Gasteiger partial charge in [0, 0.05) is 17.7 Å². The summed E-state index contributed by atoms with van der Waals surface area (Å²) in [6.07, 6.45) is -19.4. The Morgan fingerprint density at radius 3 is 2.06 bits per heavy atom. The Hall–Kier alpha value is -2.85. The summed E-state index contributed by atoms with van der Waals surface area (Å²) in [5.41, 5.74) is -6.96. The Morgan fingerprint density at radius 2 is 1.61 bits per heavy atom. The molecule has 17 heteroatoms. The van der Waals surface area contributed by atoms with Gasteiger partial charge in [0.15, 0.2) is 5.17 Å². The Bertz CT molecular complexity index is 967. The smallest absolute Gasteiger partial charge is 0.301 e. The number of aliphatic imine (C=N–C) groups is 1. The molecule has 1 aliphatic rings. The summed E-state index contributed by atoms with van der Waals surface area (Å²) >= 11 is -1.03. The number of hydrogen-bond acceptors (Lipinski definition) is 5. The van der Waals surface area contributed by atoms with Gasteiger partial charge >= 0.3 is 18.5 Å². The summed E-state index contributed by atoms with van der Waals surface area (Å²) in [5, 5.41) is 10.4. The summed E-state index contributed by atoms with van der Waals surface area (Å²) in [7, 11) is 0. The molecule has 0 atom stereocenters. The largest absolute Gasteiger partial charge is 0.443 e. The number of nitrogens with zero attached hydrogens (tertiary/aromatic N) is 2. The number of nitro benzene ring substituents is 1. The van der Waals surface area contributed by atoms with Gasteiger partial charge < -0.3 is 5.32 Å². The quantitative estimate of drug-likeness (QED) is 0.362. The maximum atomic E-state index is 13.6. The van der Waals surface area contributed by atoms with Gasteiger partial charge in [-0.3, -0.25) is 14.9 Å². The van der Waals surface area contributed by atoms with E-state index in [0.29, 0.717) is 6.07 Å². The van der Waals surface area contributed by atoms with Gasteiger partial charge in [-0.1, -0.05) is 17.8 Å². The molecular formula is C14H5F10N3O3S. The normalized spacial score (nSPS) is 18.5. The molecule has 1 heterocycles. The number of alkyl halides is 9. The number of carbonyl (C=O) groups is 1. The molecule has 0 saturated carbocycles. The fraction of sp³-hybridized carbons (Fsp3) is 0.286. The number of nitro groups is 1.